The highest BCUT2D eigenvalue weighted by Crippen LogP contribution is 2.48. The van der Waals surface area contributed by atoms with Crippen LogP contribution in [0.5, 0.6) is 5.75 Å². The number of carbonyl (C=O) groups is 5. The van der Waals surface area contributed by atoms with Crippen molar-refractivity contribution in [2.45, 2.75) is 47.7 Å². The molecular formula is C61H48Cl2N5O11-. The lowest BCUT2D eigenvalue weighted by atomic mass is 9.88. The molecule has 2 aliphatic heterocycles. The second-order valence-corrected chi connectivity index (χ2v) is 19.1. The number of anilines is 1. The van der Waals surface area contributed by atoms with E-state index in [1.165, 1.54) is 66.7 Å². The molecule has 5 aromatic carbocycles. The van der Waals surface area contributed by atoms with Crippen LogP contribution in [0.15, 0.2) is 122 Å². The number of aryl methyl sites for hydroxylation is 2. The van der Waals surface area contributed by atoms with Crippen molar-refractivity contribution in [2.75, 3.05) is 25.0 Å². The van der Waals surface area contributed by atoms with Gasteiger partial charge in [-0.2, -0.15) is 0 Å². The lowest BCUT2D eigenvalue weighted by Crippen LogP contribution is -2.27. The maximum absolute atomic E-state index is 13.9. The van der Waals surface area contributed by atoms with Crippen LogP contribution in [0.3, 0.4) is 0 Å². The van der Waals surface area contributed by atoms with Crippen LogP contribution in [0, 0.1) is 25.7 Å². The molecule has 2 aliphatic carbocycles. The van der Waals surface area contributed by atoms with Crippen molar-refractivity contribution >= 4 is 80.5 Å². The molecule has 79 heavy (non-hydrogen) atoms. The number of halogens is 2. The number of amides is 3. The molecule has 0 saturated carbocycles. The molecule has 5 N–H and O–H groups in total. The van der Waals surface area contributed by atoms with Gasteiger partial charge in [-0.15, -0.1) is 11.7 Å². The molecule has 5 aromatic rings. The molecule has 0 radical (unpaired) electrons. The second-order valence-electron chi connectivity index (χ2n) is 18.3. The van der Waals surface area contributed by atoms with Gasteiger partial charge in [-0.05, 0) is 118 Å². The lowest BCUT2D eigenvalue weighted by Gasteiger charge is -2.23. The normalized spacial score (nSPS) is 11.4. The highest BCUT2D eigenvalue weighted by molar-refractivity contribution is 6.41. The number of carboxylic acid groups (broad SMARTS) is 2. The van der Waals surface area contributed by atoms with Crippen LogP contribution >= 0.6 is 23.2 Å². The van der Waals surface area contributed by atoms with Crippen LogP contribution < -0.4 is 42.3 Å². The van der Waals surface area contributed by atoms with E-state index in [1.807, 2.05) is 45.9 Å². The van der Waals surface area contributed by atoms with Crippen LogP contribution in [0.25, 0.3) is 66.8 Å². The number of hydrogen-bond donors (Lipinski definition) is 5. The van der Waals surface area contributed by atoms with Gasteiger partial charge in [0.15, 0.2) is 5.43 Å². The maximum atomic E-state index is 13.9. The van der Waals surface area contributed by atoms with Crippen molar-refractivity contribution in [3.8, 4) is 62.5 Å². The number of rotatable bonds is 15. The van der Waals surface area contributed by atoms with Crippen molar-refractivity contribution in [3.05, 3.63) is 179 Å². The summed E-state index contributed by atoms with van der Waals surface area (Å²) in [5.41, 5.74) is 4.03. The Balaban J connectivity index is 0.00000841. The van der Waals surface area contributed by atoms with Crippen molar-refractivity contribution in [3.63, 3.8) is 0 Å². The average Bonchev–Trinajstić information content (AvgIpc) is 3.59. The van der Waals surface area contributed by atoms with E-state index >= 15 is 0 Å². The molecule has 0 spiro atoms. The number of fused-ring (bicyclic) bond motifs is 4. The summed E-state index contributed by atoms with van der Waals surface area (Å²) in [5.74, 6) is 0.499. The molecule has 0 aromatic heterocycles. The van der Waals surface area contributed by atoms with Gasteiger partial charge < -0.3 is 50.2 Å². The number of aromatic carboxylic acids is 2. The van der Waals surface area contributed by atoms with Crippen LogP contribution in [-0.2, 0) is 13.1 Å². The third-order valence-corrected chi connectivity index (χ3v) is 14.0. The fourth-order valence-electron chi connectivity index (χ4n) is 9.55. The van der Waals surface area contributed by atoms with Crippen LogP contribution in [0.1, 0.15) is 96.2 Å². The summed E-state index contributed by atoms with van der Waals surface area (Å²) >= 11 is 13.9. The number of nitrogens with zero attached hydrogens (tertiary/aromatic N) is 1. The summed E-state index contributed by atoms with van der Waals surface area (Å²) in [6, 6.07) is 25.5. The second kappa shape index (κ2) is 22.6. The van der Waals surface area contributed by atoms with E-state index in [0.29, 0.717) is 57.4 Å². The summed E-state index contributed by atoms with van der Waals surface area (Å²) in [6.45, 7) is 10.0. The number of benzene rings is 7. The minimum Gasteiger partial charge on any atom is -0.872 e. The summed E-state index contributed by atoms with van der Waals surface area (Å²) in [7, 11) is 0. The average molecular weight is 1100 g/mol. The SMILES string of the molecule is CC#CCNC(=O)c1ccc(C(=O)O)c(-c2c3ccc(=O)cc-3oc3c(CNC(=O)c4ccc(CNC(=O)c5cc(Cl)c(-c6c7cc(C)c(=NCC)cc-7oc7cc(NCC)c(C)cc67)c(C(=O)[O-])c5Cl)cc4)c([O-])ccc23)c1.[H+]. The fraction of sp³-hybridized carbons (Fsp3) is 0.164. The predicted molar refractivity (Wildman–Crippen MR) is 299 cm³/mol. The van der Waals surface area contributed by atoms with E-state index in [1.54, 1.807) is 25.1 Å². The third-order valence-electron chi connectivity index (χ3n) is 13.3. The summed E-state index contributed by atoms with van der Waals surface area (Å²) in [5, 5.41) is 49.6. The van der Waals surface area contributed by atoms with Crippen molar-refractivity contribution in [1.29, 1.82) is 0 Å². The smallest absolute Gasteiger partial charge is 0.872 e. The summed E-state index contributed by atoms with van der Waals surface area (Å²) < 4.78 is 12.7. The summed E-state index contributed by atoms with van der Waals surface area (Å²) in [6.07, 6.45) is 0. The minimum absolute atomic E-state index is 0. The quantitative estimate of drug-likeness (QED) is 0.0476. The van der Waals surface area contributed by atoms with E-state index in [-0.39, 0.29) is 87.3 Å². The molecule has 0 atom stereocenters. The van der Waals surface area contributed by atoms with Gasteiger partial charge in [-0.25, -0.2) is 4.79 Å². The molecule has 0 bridgehead atoms. The fourth-order valence-corrected chi connectivity index (χ4v) is 10.2. The largest absolute Gasteiger partial charge is 1.00 e. The first kappa shape index (κ1) is 54.4. The zero-order valence-electron chi connectivity index (χ0n) is 44.1. The van der Waals surface area contributed by atoms with Crippen molar-refractivity contribution < 1.29 is 49.6 Å². The van der Waals surface area contributed by atoms with E-state index in [0.717, 1.165) is 16.8 Å². The Hall–Kier alpha value is -9.43. The first-order valence-corrected chi connectivity index (χ1v) is 25.6. The Labute approximate surface area is 462 Å². The number of nitrogens with one attached hydrogen (secondary N) is 4. The maximum Gasteiger partial charge on any atom is 1.00 e. The molecule has 16 nitrogen and oxygen atoms in total. The van der Waals surface area contributed by atoms with Gasteiger partial charge in [0, 0.05) is 111 Å². The van der Waals surface area contributed by atoms with Crippen LogP contribution in [0.2, 0.25) is 10.0 Å². The molecule has 0 saturated heterocycles. The molecule has 398 valence electrons. The predicted octanol–water partition coefficient (Wildman–Crippen LogP) is 9.22. The number of carboxylic acids is 2. The first-order chi connectivity index (χ1) is 37.9. The molecule has 4 aliphatic rings. The van der Waals surface area contributed by atoms with E-state index in [2.05, 4.69) is 38.1 Å². The lowest BCUT2D eigenvalue weighted by molar-refractivity contribution is -0.269. The van der Waals surface area contributed by atoms with Gasteiger partial charge in [0.2, 0.25) is 0 Å². The molecule has 2 heterocycles. The Morgan fingerprint density at radius 3 is 2.14 bits per heavy atom. The van der Waals surface area contributed by atoms with Gasteiger partial charge >= 0.3 is 7.40 Å². The van der Waals surface area contributed by atoms with Crippen molar-refractivity contribution in [1.82, 2.24) is 16.0 Å². The monoisotopic (exact) mass is 1100 g/mol. The summed E-state index contributed by atoms with van der Waals surface area (Å²) in [4.78, 5) is 83.8. The van der Waals surface area contributed by atoms with E-state index in [4.69, 9.17) is 32.0 Å². The van der Waals surface area contributed by atoms with Crippen LogP contribution in [-0.4, -0.2) is 54.4 Å². The third kappa shape index (κ3) is 10.7. The van der Waals surface area contributed by atoms with Gasteiger partial charge in [0.25, 0.3) is 17.7 Å². The molecule has 18 heteroatoms. The topological polar surface area (TPSA) is 256 Å². The Morgan fingerprint density at radius 2 is 1.43 bits per heavy atom. The molecular weight excluding hydrogens is 1050 g/mol. The number of hydrogen-bond acceptors (Lipinski definition) is 12. The standard InChI is InChI=1S/C61H49Cl2N5O11/c1-6-9-20-66-58(72)34-14-16-36(60(74)75)39(23-34)51-37-17-15-35(69)24-48(37)79-56-38(51)18-19-47(70)43(56)29-68-57(71)33-12-10-32(11-13-33)28-67-59(73)42-25-44(62)53(54(55(42)63)61(76)77)52-40-21-30(4)45(64-7-2)26-49(40)78-50-27-46(65-8-3)31(5)22-41(50)52/h10-19,21-27,64,70H,7-8,20,28-29H2,1-5H3,(H,66,72)(H,67,73)(H,68,71)(H,74,75)(H,76,77)/p-1. The number of carbonyl (C=O) groups excluding carboxylic acids is 4. The first-order valence-electron chi connectivity index (χ1n) is 24.8. The Kier molecular flexibility index (Phi) is 15.6. The highest BCUT2D eigenvalue weighted by atomic mass is 35.5. The minimum atomic E-state index is -1.67. The zero-order valence-corrected chi connectivity index (χ0v) is 44.6. The van der Waals surface area contributed by atoms with E-state index in [9.17, 15) is 44.1 Å². The molecule has 0 unspecified atom stereocenters. The van der Waals surface area contributed by atoms with Gasteiger partial charge in [0.05, 0.1) is 39.0 Å². The Bertz CT molecular complexity index is 4160. The van der Waals surface area contributed by atoms with Crippen molar-refractivity contribution in [2.24, 2.45) is 4.99 Å². The van der Waals surface area contributed by atoms with Crippen LogP contribution in [0.4, 0.5) is 5.69 Å². The highest BCUT2D eigenvalue weighted by Gasteiger charge is 2.29. The zero-order chi connectivity index (χ0) is 56.4. The van der Waals surface area contributed by atoms with Gasteiger partial charge in [-0.3, -0.25) is 24.2 Å². The Morgan fingerprint density at radius 1 is 0.709 bits per heavy atom. The van der Waals surface area contributed by atoms with Gasteiger partial charge in [-0.1, -0.05) is 53.4 Å². The molecule has 3 amide bonds. The molecule has 0 fully saturated rings. The molecule has 9 rings (SSSR count). The van der Waals surface area contributed by atoms with Gasteiger partial charge in [0.1, 0.15) is 22.7 Å². The van der Waals surface area contributed by atoms with E-state index < -0.39 is 51.4 Å².